The van der Waals surface area contributed by atoms with Crippen LogP contribution in [0.4, 0.5) is 10.1 Å². The molecule has 0 saturated carbocycles. The molecule has 0 aromatic heterocycles. The molecule has 32 heavy (non-hydrogen) atoms. The number of carbonyl (C=O) groups excluding carboxylic acids is 2. The van der Waals surface area contributed by atoms with E-state index in [1.54, 1.807) is 38.1 Å². The summed E-state index contributed by atoms with van der Waals surface area (Å²) in [5, 5.41) is 2.60. The maximum atomic E-state index is 14.5. The number of rotatable bonds is 8. The largest absolute Gasteiger partial charge is 0.489 e. The van der Waals surface area contributed by atoms with Gasteiger partial charge in [0.2, 0.25) is 0 Å². The first-order chi connectivity index (χ1) is 15.4. The van der Waals surface area contributed by atoms with Gasteiger partial charge in [-0.25, -0.2) is 4.39 Å². The second-order valence-corrected chi connectivity index (χ2v) is 7.50. The topological polar surface area (TPSA) is 64.6 Å². The van der Waals surface area contributed by atoms with Crippen molar-refractivity contribution in [3.8, 4) is 5.75 Å². The Morgan fingerprint density at radius 1 is 0.969 bits per heavy atom. The van der Waals surface area contributed by atoms with E-state index in [4.69, 9.17) is 9.47 Å². The molecule has 0 radical (unpaired) electrons. The smallest absolute Gasteiger partial charge is 0.310 e. The highest BCUT2D eigenvalue weighted by Gasteiger charge is 2.14. The number of benzene rings is 3. The second-order valence-electron chi connectivity index (χ2n) is 7.50. The van der Waals surface area contributed by atoms with Crippen LogP contribution in [0, 0.1) is 19.7 Å². The summed E-state index contributed by atoms with van der Waals surface area (Å²) in [4.78, 5) is 24.4. The van der Waals surface area contributed by atoms with Crippen molar-refractivity contribution in [1.29, 1.82) is 0 Å². The molecule has 0 bridgehead atoms. The second kappa shape index (κ2) is 10.6. The van der Waals surface area contributed by atoms with E-state index in [0.717, 1.165) is 16.7 Å². The minimum Gasteiger partial charge on any atom is -0.489 e. The summed E-state index contributed by atoms with van der Waals surface area (Å²) in [6.07, 6.45) is -0.0293. The van der Waals surface area contributed by atoms with Crippen LogP contribution in [0.2, 0.25) is 0 Å². The summed E-state index contributed by atoms with van der Waals surface area (Å²) in [6, 6.07) is 17.5. The number of anilines is 1. The average Bonchev–Trinajstić information content (AvgIpc) is 2.75. The summed E-state index contributed by atoms with van der Waals surface area (Å²) in [5.74, 6) is -0.945. The number of halogens is 1. The molecule has 6 heteroatoms. The third-order valence-electron chi connectivity index (χ3n) is 4.88. The van der Waals surface area contributed by atoms with Crippen molar-refractivity contribution in [3.05, 3.63) is 94.3 Å². The van der Waals surface area contributed by atoms with E-state index < -0.39 is 17.7 Å². The van der Waals surface area contributed by atoms with Gasteiger partial charge in [0, 0.05) is 5.56 Å². The molecule has 0 unspecified atom stereocenters. The zero-order valence-corrected chi connectivity index (χ0v) is 18.4. The van der Waals surface area contributed by atoms with Crippen molar-refractivity contribution < 1.29 is 23.5 Å². The van der Waals surface area contributed by atoms with Gasteiger partial charge in [0.15, 0.2) is 0 Å². The number of hydrogen-bond donors (Lipinski definition) is 1. The van der Waals surface area contributed by atoms with Gasteiger partial charge in [-0.15, -0.1) is 0 Å². The van der Waals surface area contributed by atoms with Crippen molar-refractivity contribution >= 4 is 17.6 Å². The molecule has 0 spiro atoms. The zero-order chi connectivity index (χ0) is 23.1. The standard InChI is InChI=1S/C26H26FNO4/c1-4-31-25(29)14-19-9-11-24(23(27)13-19)28-26(30)22-15-21(10-8-18(22)3)32-16-20-7-5-6-17(2)12-20/h5-13,15H,4,14,16H2,1-3H3,(H,28,30). The molecule has 1 N–H and O–H groups in total. The van der Waals surface area contributed by atoms with Gasteiger partial charge in [-0.2, -0.15) is 0 Å². The van der Waals surface area contributed by atoms with Gasteiger partial charge in [-0.3, -0.25) is 9.59 Å². The fourth-order valence-corrected chi connectivity index (χ4v) is 3.24. The lowest BCUT2D eigenvalue weighted by Gasteiger charge is -2.12. The molecule has 0 aliphatic heterocycles. The monoisotopic (exact) mass is 435 g/mol. The van der Waals surface area contributed by atoms with Gasteiger partial charge in [0.05, 0.1) is 18.7 Å². The van der Waals surface area contributed by atoms with Gasteiger partial charge < -0.3 is 14.8 Å². The number of nitrogens with one attached hydrogen (secondary N) is 1. The zero-order valence-electron chi connectivity index (χ0n) is 18.4. The van der Waals surface area contributed by atoms with E-state index in [-0.39, 0.29) is 18.7 Å². The molecular weight excluding hydrogens is 409 g/mol. The fraction of sp³-hybridized carbons (Fsp3) is 0.231. The predicted molar refractivity (Wildman–Crippen MR) is 121 cm³/mol. The first kappa shape index (κ1) is 23.0. The van der Waals surface area contributed by atoms with Crippen LogP contribution in [0.3, 0.4) is 0 Å². The molecule has 0 saturated heterocycles. The summed E-state index contributed by atoms with van der Waals surface area (Å²) in [6.45, 7) is 6.17. The molecule has 1 amide bonds. The van der Waals surface area contributed by atoms with Crippen molar-refractivity contribution in [1.82, 2.24) is 0 Å². The van der Waals surface area contributed by atoms with Gasteiger partial charge in [-0.05, 0) is 61.7 Å². The Balaban J connectivity index is 1.69. The number of carbonyl (C=O) groups is 2. The van der Waals surface area contributed by atoms with Crippen molar-refractivity contribution in [2.24, 2.45) is 0 Å². The SMILES string of the molecule is CCOC(=O)Cc1ccc(NC(=O)c2cc(OCc3cccc(C)c3)ccc2C)c(F)c1. The fourth-order valence-electron chi connectivity index (χ4n) is 3.24. The van der Waals surface area contributed by atoms with E-state index in [9.17, 15) is 14.0 Å². The first-order valence-corrected chi connectivity index (χ1v) is 10.4. The Morgan fingerprint density at radius 2 is 1.78 bits per heavy atom. The van der Waals surface area contributed by atoms with Crippen LogP contribution in [-0.4, -0.2) is 18.5 Å². The average molecular weight is 435 g/mol. The molecule has 166 valence electrons. The molecule has 0 aliphatic carbocycles. The highest BCUT2D eigenvalue weighted by atomic mass is 19.1. The third-order valence-corrected chi connectivity index (χ3v) is 4.88. The quantitative estimate of drug-likeness (QED) is 0.483. The molecule has 0 heterocycles. The van der Waals surface area contributed by atoms with Crippen molar-refractivity contribution in [2.75, 3.05) is 11.9 Å². The van der Waals surface area contributed by atoms with Gasteiger partial charge >= 0.3 is 5.97 Å². The molecule has 5 nitrogen and oxygen atoms in total. The highest BCUT2D eigenvalue weighted by molar-refractivity contribution is 6.05. The number of esters is 1. The van der Waals surface area contributed by atoms with E-state index in [1.807, 2.05) is 31.2 Å². The summed E-state index contributed by atoms with van der Waals surface area (Å²) in [7, 11) is 0. The molecule has 0 atom stereocenters. The maximum Gasteiger partial charge on any atom is 0.310 e. The molecule has 0 fully saturated rings. The van der Waals surface area contributed by atoms with E-state index in [0.29, 0.717) is 23.5 Å². The molecular formula is C26H26FNO4. The molecule has 3 aromatic carbocycles. The summed E-state index contributed by atoms with van der Waals surface area (Å²) < 4.78 is 25.2. The first-order valence-electron chi connectivity index (χ1n) is 10.4. The Morgan fingerprint density at radius 3 is 2.50 bits per heavy atom. The van der Waals surface area contributed by atoms with Crippen LogP contribution >= 0.6 is 0 Å². The maximum absolute atomic E-state index is 14.5. The van der Waals surface area contributed by atoms with Gasteiger partial charge in [0.1, 0.15) is 18.2 Å². The lowest BCUT2D eigenvalue weighted by molar-refractivity contribution is -0.142. The van der Waals surface area contributed by atoms with Crippen LogP contribution < -0.4 is 10.1 Å². The van der Waals surface area contributed by atoms with Crippen molar-refractivity contribution in [3.63, 3.8) is 0 Å². The Bertz CT molecular complexity index is 1130. The third kappa shape index (κ3) is 6.17. The van der Waals surface area contributed by atoms with Crippen LogP contribution in [0.5, 0.6) is 5.75 Å². The van der Waals surface area contributed by atoms with Crippen LogP contribution in [-0.2, 0) is 22.6 Å². The Kier molecular flexibility index (Phi) is 7.60. The molecule has 0 aliphatic rings. The van der Waals surface area contributed by atoms with Crippen LogP contribution in [0.1, 0.15) is 39.5 Å². The summed E-state index contributed by atoms with van der Waals surface area (Å²) in [5.41, 5.74) is 3.81. The Hall–Kier alpha value is -3.67. The lowest BCUT2D eigenvalue weighted by atomic mass is 10.1. The lowest BCUT2D eigenvalue weighted by Crippen LogP contribution is -2.15. The normalized spacial score (nSPS) is 10.5. The molecule has 3 aromatic rings. The van der Waals surface area contributed by atoms with E-state index >= 15 is 0 Å². The summed E-state index contributed by atoms with van der Waals surface area (Å²) >= 11 is 0. The predicted octanol–water partition coefficient (Wildman–Crippen LogP) is 5.38. The van der Waals surface area contributed by atoms with Crippen LogP contribution in [0.25, 0.3) is 0 Å². The number of amides is 1. The minimum atomic E-state index is -0.621. The Labute approximate surface area is 187 Å². The number of hydrogen-bond acceptors (Lipinski definition) is 4. The highest BCUT2D eigenvalue weighted by Crippen LogP contribution is 2.22. The number of aryl methyl sites for hydroxylation is 2. The van der Waals surface area contributed by atoms with E-state index in [2.05, 4.69) is 5.32 Å². The van der Waals surface area contributed by atoms with Crippen LogP contribution in [0.15, 0.2) is 60.7 Å². The minimum absolute atomic E-state index is 0.0293. The van der Waals surface area contributed by atoms with Crippen molar-refractivity contribution in [2.45, 2.75) is 33.8 Å². The van der Waals surface area contributed by atoms with E-state index in [1.165, 1.54) is 12.1 Å². The van der Waals surface area contributed by atoms with Gasteiger partial charge in [0.25, 0.3) is 5.91 Å². The van der Waals surface area contributed by atoms with Gasteiger partial charge in [-0.1, -0.05) is 42.0 Å². The molecule has 3 rings (SSSR count). The number of ether oxygens (including phenoxy) is 2.